The molecule has 1 amide bonds. The molecular formula is C17H23N5O2. The average Bonchev–Trinajstić information content (AvgIpc) is 2.87. The van der Waals surface area contributed by atoms with E-state index in [0.29, 0.717) is 18.2 Å². The van der Waals surface area contributed by atoms with Crippen LogP contribution in [0.15, 0.2) is 24.3 Å². The normalized spacial score (nSPS) is 14.5. The second kappa shape index (κ2) is 7.00. The Kier molecular flexibility index (Phi) is 4.80. The number of nitrogens with one attached hydrogen (secondary N) is 2. The second-order valence-electron chi connectivity index (χ2n) is 6.33. The highest BCUT2D eigenvalue weighted by Gasteiger charge is 2.21. The fraction of sp³-hybridized carbons (Fsp3) is 0.471. The summed E-state index contributed by atoms with van der Waals surface area (Å²) in [6.07, 6.45) is 0.130. The highest BCUT2D eigenvalue weighted by molar-refractivity contribution is 5.93. The lowest BCUT2D eigenvalue weighted by molar-refractivity contribution is 0.0936. The first-order valence-corrected chi connectivity index (χ1v) is 8.23. The van der Waals surface area contributed by atoms with Crippen LogP contribution in [0.25, 0.3) is 5.69 Å². The molecule has 0 radical (unpaired) electrons. The van der Waals surface area contributed by atoms with Crippen molar-refractivity contribution in [3.8, 4) is 11.4 Å². The molecule has 1 aromatic heterocycles. The van der Waals surface area contributed by atoms with E-state index in [1.54, 1.807) is 4.68 Å². The molecule has 7 heteroatoms. The number of hydrogen-bond acceptors (Lipinski definition) is 5. The van der Waals surface area contributed by atoms with Gasteiger partial charge in [-0.2, -0.15) is 0 Å². The maximum atomic E-state index is 12.3. The number of ether oxygens (including phenoxy) is 1. The van der Waals surface area contributed by atoms with Crippen molar-refractivity contribution in [2.75, 3.05) is 19.6 Å². The molecule has 7 nitrogen and oxygen atoms in total. The lowest BCUT2D eigenvalue weighted by Crippen LogP contribution is -2.48. The molecule has 2 heterocycles. The first-order valence-electron chi connectivity index (χ1n) is 8.23. The third kappa shape index (κ3) is 3.56. The van der Waals surface area contributed by atoms with Crippen molar-refractivity contribution in [3.05, 3.63) is 35.7 Å². The summed E-state index contributed by atoms with van der Waals surface area (Å²) in [6, 6.07) is 7.59. The Balaban J connectivity index is 1.70. The third-order valence-electron chi connectivity index (χ3n) is 3.98. The summed E-state index contributed by atoms with van der Waals surface area (Å²) in [5.74, 6) is 1.14. The highest BCUT2D eigenvalue weighted by Crippen LogP contribution is 2.18. The van der Waals surface area contributed by atoms with Gasteiger partial charge in [0.25, 0.3) is 5.91 Å². The van der Waals surface area contributed by atoms with Crippen LogP contribution >= 0.6 is 0 Å². The Morgan fingerprint density at radius 1 is 1.38 bits per heavy atom. The van der Waals surface area contributed by atoms with Crippen molar-refractivity contribution < 1.29 is 9.53 Å². The average molecular weight is 329 g/mol. The van der Waals surface area contributed by atoms with Crippen LogP contribution in [-0.4, -0.2) is 46.6 Å². The van der Waals surface area contributed by atoms with Crippen LogP contribution in [0.2, 0.25) is 0 Å². The Morgan fingerprint density at radius 3 is 2.67 bits per heavy atom. The minimum absolute atomic E-state index is 0.130. The van der Waals surface area contributed by atoms with Gasteiger partial charge in [0.1, 0.15) is 5.75 Å². The topological polar surface area (TPSA) is 81.1 Å². The number of aromatic nitrogens is 3. The largest absolute Gasteiger partial charge is 0.491 e. The van der Waals surface area contributed by atoms with Gasteiger partial charge in [-0.25, -0.2) is 4.68 Å². The third-order valence-corrected chi connectivity index (χ3v) is 3.98. The monoisotopic (exact) mass is 329 g/mol. The fourth-order valence-corrected chi connectivity index (χ4v) is 2.54. The standard InChI is InChI=1S/C17H23N5O2/c1-11(2)24-15-6-4-14(5-7-15)22-12(3)16(20-21-22)17(23)19-10-13-8-18-9-13/h4-7,11,13,18H,8-10H2,1-3H3,(H,19,23). The summed E-state index contributed by atoms with van der Waals surface area (Å²) >= 11 is 0. The van der Waals surface area contributed by atoms with E-state index >= 15 is 0 Å². The van der Waals surface area contributed by atoms with Crippen LogP contribution in [-0.2, 0) is 0 Å². The molecule has 1 aliphatic rings. The van der Waals surface area contributed by atoms with Crippen LogP contribution in [0, 0.1) is 12.8 Å². The Labute approximate surface area is 141 Å². The molecule has 0 unspecified atom stereocenters. The zero-order chi connectivity index (χ0) is 17.1. The van der Waals surface area contributed by atoms with Gasteiger partial charge >= 0.3 is 0 Å². The molecule has 1 saturated heterocycles. The number of carbonyl (C=O) groups is 1. The molecule has 1 aromatic carbocycles. The maximum Gasteiger partial charge on any atom is 0.273 e. The van der Waals surface area contributed by atoms with E-state index in [-0.39, 0.29) is 12.0 Å². The molecule has 0 spiro atoms. The van der Waals surface area contributed by atoms with E-state index in [0.717, 1.165) is 30.2 Å². The van der Waals surface area contributed by atoms with Crippen molar-refractivity contribution >= 4 is 5.91 Å². The second-order valence-corrected chi connectivity index (χ2v) is 6.33. The van der Waals surface area contributed by atoms with Gasteiger partial charge in [-0.3, -0.25) is 4.79 Å². The van der Waals surface area contributed by atoms with Crippen LogP contribution in [0.4, 0.5) is 0 Å². The Morgan fingerprint density at radius 2 is 2.08 bits per heavy atom. The fourth-order valence-electron chi connectivity index (χ4n) is 2.54. The molecule has 2 aromatic rings. The molecule has 1 aliphatic heterocycles. The number of carbonyl (C=O) groups excluding carboxylic acids is 1. The van der Waals surface area contributed by atoms with Gasteiger partial charge in [0, 0.05) is 25.6 Å². The van der Waals surface area contributed by atoms with Gasteiger partial charge in [-0.05, 0) is 45.0 Å². The van der Waals surface area contributed by atoms with E-state index in [4.69, 9.17) is 4.74 Å². The first-order chi connectivity index (χ1) is 11.5. The van der Waals surface area contributed by atoms with E-state index in [9.17, 15) is 4.79 Å². The number of amides is 1. The molecule has 3 rings (SSSR count). The van der Waals surface area contributed by atoms with Crippen LogP contribution < -0.4 is 15.4 Å². The zero-order valence-electron chi connectivity index (χ0n) is 14.2. The molecule has 2 N–H and O–H groups in total. The van der Waals surface area contributed by atoms with E-state index in [1.165, 1.54) is 0 Å². The summed E-state index contributed by atoms with van der Waals surface area (Å²) in [5.41, 5.74) is 1.93. The van der Waals surface area contributed by atoms with E-state index < -0.39 is 0 Å². The molecule has 0 saturated carbocycles. The molecule has 128 valence electrons. The number of hydrogen-bond donors (Lipinski definition) is 2. The van der Waals surface area contributed by atoms with Crippen LogP contribution in [0.1, 0.15) is 30.0 Å². The van der Waals surface area contributed by atoms with Crippen LogP contribution in [0.5, 0.6) is 5.75 Å². The number of rotatable bonds is 6. The van der Waals surface area contributed by atoms with Crippen molar-refractivity contribution in [3.63, 3.8) is 0 Å². The predicted octanol–water partition coefficient (Wildman–Crippen LogP) is 1.31. The summed E-state index contributed by atoms with van der Waals surface area (Å²) in [6.45, 7) is 8.39. The molecule has 0 atom stereocenters. The lowest BCUT2D eigenvalue weighted by atomic mass is 10.0. The predicted molar refractivity (Wildman–Crippen MR) is 90.6 cm³/mol. The van der Waals surface area contributed by atoms with Gasteiger partial charge in [0.15, 0.2) is 5.69 Å². The van der Waals surface area contributed by atoms with E-state index in [2.05, 4.69) is 20.9 Å². The quantitative estimate of drug-likeness (QED) is 0.835. The lowest BCUT2D eigenvalue weighted by Gasteiger charge is -2.26. The minimum Gasteiger partial charge on any atom is -0.491 e. The summed E-state index contributed by atoms with van der Waals surface area (Å²) in [5, 5.41) is 14.3. The summed E-state index contributed by atoms with van der Waals surface area (Å²) in [4.78, 5) is 12.3. The van der Waals surface area contributed by atoms with Crippen molar-refractivity contribution in [1.82, 2.24) is 25.6 Å². The number of nitrogens with zero attached hydrogens (tertiary/aromatic N) is 3. The molecule has 24 heavy (non-hydrogen) atoms. The van der Waals surface area contributed by atoms with Gasteiger partial charge in [0.05, 0.1) is 17.5 Å². The van der Waals surface area contributed by atoms with Gasteiger partial charge in [0.2, 0.25) is 0 Å². The first kappa shape index (κ1) is 16.4. The van der Waals surface area contributed by atoms with Crippen LogP contribution in [0.3, 0.4) is 0 Å². The van der Waals surface area contributed by atoms with Gasteiger partial charge in [-0.15, -0.1) is 5.10 Å². The number of benzene rings is 1. The molecule has 0 aliphatic carbocycles. The molecular weight excluding hydrogens is 306 g/mol. The SMILES string of the molecule is Cc1c(C(=O)NCC2CNC2)nnn1-c1ccc(OC(C)C)cc1. The van der Waals surface area contributed by atoms with Gasteiger partial charge < -0.3 is 15.4 Å². The smallest absolute Gasteiger partial charge is 0.273 e. The van der Waals surface area contributed by atoms with Crippen molar-refractivity contribution in [2.45, 2.75) is 26.9 Å². The summed E-state index contributed by atoms with van der Waals surface area (Å²) in [7, 11) is 0. The Bertz CT molecular complexity index is 704. The van der Waals surface area contributed by atoms with Gasteiger partial charge in [-0.1, -0.05) is 5.21 Å². The Hall–Kier alpha value is -2.41. The highest BCUT2D eigenvalue weighted by atomic mass is 16.5. The van der Waals surface area contributed by atoms with Crippen molar-refractivity contribution in [1.29, 1.82) is 0 Å². The molecule has 1 fully saturated rings. The zero-order valence-corrected chi connectivity index (χ0v) is 14.2. The van der Waals surface area contributed by atoms with Crippen molar-refractivity contribution in [2.24, 2.45) is 5.92 Å². The minimum atomic E-state index is -0.176. The summed E-state index contributed by atoms with van der Waals surface area (Å²) < 4.78 is 7.30. The van der Waals surface area contributed by atoms with E-state index in [1.807, 2.05) is 45.0 Å². The molecule has 0 bridgehead atoms. The maximum absolute atomic E-state index is 12.3.